The van der Waals surface area contributed by atoms with Crippen LogP contribution in [0.1, 0.15) is 70.6 Å². The van der Waals surface area contributed by atoms with E-state index in [0.717, 1.165) is 12.1 Å². The maximum Gasteiger partial charge on any atom is 0.319 e. The van der Waals surface area contributed by atoms with E-state index in [-0.39, 0.29) is 43.3 Å². The van der Waals surface area contributed by atoms with Crippen molar-refractivity contribution in [1.82, 2.24) is 35.6 Å². The number of hydrogen-bond acceptors (Lipinski definition) is 8. The highest BCUT2D eigenvalue weighted by molar-refractivity contribution is 6.12. The topological polar surface area (TPSA) is 190 Å². The second-order valence-electron chi connectivity index (χ2n) is 16.7. The molecule has 4 N–H and O–H groups in total. The van der Waals surface area contributed by atoms with Crippen LogP contribution >= 0.6 is 0 Å². The normalized spacial score (nSPS) is 30.6. The van der Waals surface area contributed by atoms with Crippen molar-refractivity contribution in [3.63, 3.8) is 0 Å². The van der Waals surface area contributed by atoms with Gasteiger partial charge in [0.1, 0.15) is 47.4 Å². The summed E-state index contributed by atoms with van der Waals surface area (Å²) in [5.74, 6) is -6.86. The molecule has 7 amide bonds. The number of urea groups is 1. The van der Waals surface area contributed by atoms with Gasteiger partial charge in [0, 0.05) is 37.8 Å². The zero-order chi connectivity index (χ0) is 41.6. The van der Waals surface area contributed by atoms with Crippen molar-refractivity contribution in [2.24, 2.45) is 17.8 Å². The maximum atomic E-state index is 14.9. The molecule has 2 aromatic rings. The van der Waals surface area contributed by atoms with Crippen LogP contribution in [0.5, 0.6) is 0 Å². The van der Waals surface area contributed by atoms with Crippen LogP contribution in [0.3, 0.4) is 0 Å². The number of hydrogen-bond donors (Lipinski definition) is 4. The van der Waals surface area contributed by atoms with Crippen LogP contribution in [0.15, 0.2) is 36.5 Å². The first-order valence-corrected chi connectivity index (χ1v) is 20.1. The van der Waals surface area contributed by atoms with Crippen molar-refractivity contribution in [3.8, 4) is 0 Å². The predicted octanol–water partition coefficient (Wildman–Crippen LogP) is 2.22. The third-order valence-corrected chi connectivity index (χ3v) is 12.4. The Kier molecular flexibility index (Phi) is 11.3. The first kappa shape index (κ1) is 40.7. The van der Waals surface area contributed by atoms with Crippen LogP contribution in [-0.2, 0) is 35.2 Å². The number of nitrogens with zero attached hydrogens (tertiary/aromatic N) is 4. The van der Waals surface area contributed by atoms with Crippen LogP contribution in [0.2, 0.25) is 0 Å². The third kappa shape index (κ3) is 7.74. The molecule has 0 unspecified atom stereocenters. The molecule has 0 radical (unpaired) electrons. The van der Waals surface area contributed by atoms with Crippen molar-refractivity contribution in [3.05, 3.63) is 59.4 Å². The van der Waals surface area contributed by atoms with Crippen LogP contribution in [0.4, 0.5) is 19.3 Å². The molecule has 1 aromatic heterocycles. The minimum atomic E-state index is -1.49. The van der Waals surface area contributed by atoms with Gasteiger partial charge in [-0.05, 0) is 94.0 Å². The van der Waals surface area contributed by atoms with E-state index in [1.54, 1.807) is 32.9 Å². The van der Waals surface area contributed by atoms with Crippen molar-refractivity contribution < 1.29 is 42.3 Å². The summed E-state index contributed by atoms with van der Waals surface area (Å²) in [5.41, 5.74) is -0.241. The molecule has 1 aliphatic carbocycles. The number of benzene rings is 1. The van der Waals surface area contributed by atoms with Crippen LogP contribution in [0, 0.1) is 36.3 Å². The molecule has 4 aliphatic heterocycles. The second kappa shape index (κ2) is 16.0. The van der Waals surface area contributed by atoms with E-state index in [0.29, 0.717) is 56.0 Å². The maximum absolute atomic E-state index is 14.9. The molecule has 5 aliphatic rings. The minimum Gasteiger partial charge on any atom is -0.343 e. The van der Waals surface area contributed by atoms with Crippen molar-refractivity contribution in [2.75, 3.05) is 25.0 Å². The molecule has 1 saturated carbocycles. The van der Waals surface area contributed by atoms with Crippen LogP contribution < -0.4 is 21.3 Å². The number of piperidine rings is 1. The highest BCUT2D eigenvalue weighted by Crippen LogP contribution is 2.57. The molecule has 15 nitrogen and oxygen atoms in total. The van der Waals surface area contributed by atoms with Crippen molar-refractivity contribution in [1.29, 1.82) is 0 Å². The summed E-state index contributed by atoms with van der Waals surface area (Å²) in [5, 5.41) is 10.8. The molecule has 5 fully saturated rings. The highest BCUT2D eigenvalue weighted by atomic mass is 19.1. The SMILES string of the molecule is Cc1ccc(NC(=O)N[C@@H](Cc2cc(F)cc(F)c2)C(=O)N[C@@H]2C(=O)N3CCC[C@H]3C(=O)N3CCCC[C@H]3C(=O)N[C@@H](C)C(=O)N3C[C@H](C)C[C@@]34C(=O)[C@@H]4[C@H]2C)cn1. The summed E-state index contributed by atoms with van der Waals surface area (Å²) in [6, 6.07) is -0.599. The minimum absolute atomic E-state index is 0.0420. The average molecular weight is 805 g/mol. The fourth-order valence-corrected chi connectivity index (χ4v) is 9.66. The van der Waals surface area contributed by atoms with Gasteiger partial charge in [0.05, 0.1) is 17.8 Å². The number of pyridine rings is 1. The second-order valence-corrected chi connectivity index (χ2v) is 16.7. The number of nitrogens with one attached hydrogen (secondary N) is 4. The fraction of sp³-hybridized carbons (Fsp3) is 0.561. The first-order chi connectivity index (χ1) is 27.6. The van der Waals surface area contributed by atoms with Gasteiger partial charge in [-0.3, -0.25) is 33.8 Å². The van der Waals surface area contributed by atoms with E-state index in [9.17, 15) is 42.3 Å². The number of carbonyl (C=O) groups is 7. The molecule has 17 heteroatoms. The van der Waals surface area contributed by atoms with Crippen molar-refractivity contribution >= 4 is 47.0 Å². The zero-order valence-corrected chi connectivity index (χ0v) is 33.1. The summed E-state index contributed by atoms with van der Waals surface area (Å²) in [7, 11) is 0. The Morgan fingerprint density at radius 3 is 2.31 bits per heavy atom. The van der Waals surface area contributed by atoms with E-state index in [1.165, 1.54) is 20.9 Å². The summed E-state index contributed by atoms with van der Waals surface area (Å²) >= 11 is 0. The Hall–Kier alpha value is -5.48. The van der Waals surface area contributed by atoms with E-state index in [1.807, 2.05) is 6.92 Å². The van der Waals surface area contributed by atoms with Crippen LogP contribution in [-0.4, -0.2) is 116 Å². The van der Waals surface area contributed by atoms with E-state index >= 15 is 0 Å². The number of amides is 7. The van der Waals surface area contributed by atoms with E-state index in [2.05, 4.69) is 26.3 Å². The Bertz CT molecular complexity index is 2000. The average Bonchev–Trinajstić information content (AvgIpc) is 3.47. The molecule has 9 atom stereocenters. The Balaban J connectivity index is 1.25. The molecule has 1 spiro atoms. The van der Waals surface area contributed by atoms with Gasteiger partial charge in [-0.2, -0.15) is 0 Å². The number of aryl methyl sites for hydroxylation is 1. The van der Waals surface area contributed by atoms with Crippen LogP contribution in [0.25, 0.3) is 0 Å². The standard InChI is InChI=1S/C41H50F2N8O7/c1-21-18-41-32(34(41)52)23(3)33(48-35(53)29(16-25-14-26(42)17-27(43)15-25)47-40(58)46-28-11-10-22(2)44-19-28)39(57)50-13-7-9-31(50)38(56)49-12-6-5-8-30(49)36(54)45-24(4)37(55)51(41)20-21/h10-11,14-15,17,19,21,23-24,29-33H,5-9,12-13,16,18,20H2,1-4H3,(H,45,54)(H,48,53)(H2,46,47,58)/t21-,23-,24+,29+,30+,31+,32+,33+,41-/m1/s1. The summed E-state index contributed by atoms with van der Waals surface area (Å²) in [6.07, 6.45) is 3.82. The van der Waals surface area contributed by atoms with Gasteiger partial charge in [-0.1, -0.05) is 13.8 Å². The number of carbonyl (C=O) groups excluding carboxylic acids is 7. The fourth-order valence-electron chi connectivity index (χ4n) is 9.66. The molecule has 1 aromatic carbocycles. The van der Waals surface area contributed by atoms with Gasteiger partial charge in [0.15, 0.2) is 5.78 Å². The molecule has 58 heavy (non-hydrogen) atoms. The van der Waals surface area contributed by atoms with Gasteiger partial charge in [-0.15, -0.1) is 0 Å². The van der Waals surface area contributed by atoms with E-state index < -0.39 is 94.8 Å². The lowest BCUT2D eigenvalue weighted by molar-refractivity contribution is -0.151. The lowest BCUT2D eigenvalue weighted by Crippen LogP contribution is -2.61. The number of rotatable bonds is 6. The number of aromatic nitrogens is 1. The Morgan fingerprint density at radius 2 is 1.60 bits per heavy atom. The molecular weight excluding hydrogens is 754 g/mol. The lowest BCUT2D eigenvalue weighted by Gasteiger charge is -2.39. The Labute approximate surface area is 335 Å². The van der Waals surface area contributed by atoms with Gasteiger partial charge in [0.2, 0.25) is 29.5 Å². The van der Waals surface area contributed by atoms with Gasteiger partial charge in [0.25, 0.3) is 0 Å². The zero-order valence-electron chi connectivity index (χ0n) is 33.1. The smallest absolute Gasteiger partial charge is 0.319 e. The van der Waals surface area contributed by atoms with Crippen molar-refractivity contribution in [2.45, 2.75) is 108 Å². The quantitative estimate of drug-likeness (QED) is 0.342. The third-order valence-electron chi connectivity index (χ3n) is 12.4. The number of fused-ring (bicyclic) bond motifs is 2. The summed E-state index contributed by atoms with van der Waals surface area (Å²) in [6.45, 7) is 7.57. The first-order valence-electron chi connectivity index (χ1n) is 20.1. The monoisotopic (exact) mass is 804 g/mol. The Morgan fingerprint density at radius 1 is 0.914 bits per heavy atom. The van der Waals surface area contributed by atoms with Gasteiger partial charge in [-0.25, -0.2) is 13.6 Å². The molecule has 7 rings (SSSR count). The molecule has 0 bridgehead atoms. The predicted molar refractivity (Wildman–Crippen MR) is 204 cm³/mol. The van der Waals surface area contributed by atoms with E-state index in [4.69, 9.17) is 0 Å². The molecule has 5 heterocycles. The summed E-state index contributed by atoms with van der Waals surface area (Å²) < 4.78 is 28.8. The number of Topliss-reactive ketones (excluding diaryl/α,β-unsaturated/α-hetero) is 1. The lowest BCUT2D eigenvalue weighted by atomic mass is 9.90. The number of halogens is 2. The highest BCUT2D eigenvalue weighted by Gasteiger charge is 2.74. The molecular formula is C41H50F2N8O7. The van der Waals surface area contributed by atoms with Gasteiger partial charge < -0.3 is 36.0 Å². The largest absolute Gasteiger partial charge is 0.343 e. The number of ketones is 1. The van der Waals surface area contributed by atoms with Gasteiger partial charge >= 0.3 is 6.03 Å². The number of anilines is 1. The molecule has 310 valence electrons. The molecule has 4 saturated heterocycles. The summed E-state index contributed by atoms with van der Waals surface area (Å²) in [4.78, 5) is 108.